The summed E-state index contributed by atoms with van der Waals surface area (Å²) < 4.78 is 1.93. The number of hydrogen-bond donors (Lipinski definition) is 1. The molecule has 1 aromatic heterocycles. The van der Waals surface area contributed by atoms with Crippen molar-refractivity contribution in [3.8, 4) is 0 Å². The van der Waals surface area contributed by atoms with Crippen molar-refractivity contribution >= 4 is 0 Å². The predicted molar refractivity (Wildman–Crippen MR) is 70.9 cm³/mol. The zero-order chi connectivity index (χ0) is 12.8. The molecule has 1 saturated carbocycles. The fourth-order valence-corrected chi connectivity index (χ4v) is 2.35. The van der Waals surface area contributed by atoms with E-state index in [0.29, 0.717) is 11.5 Å². The maximum absolute atomic E-state index is 4.59. The largest absolute Gasteiger partial charge is 0.309 e. The summed E-state index contributed by atoms with van der Waals surface area (Å²) in [5.41, 5.74) is 3.16. The number of rotatable bonds is 3. The zero-order valence-corrected chi connectivity index (χ0v) is 12.0. The Bertz CT molecular complexity index is 410. The molecule has 0 spiro atoms. The predicted octanol–water partition coefficient (Wildman–Crippen LogP) is 2.61. The van der Waals surface area contributed by atoms with Crippen molar-refractivity contribution in [1.82, 2.24) is 15.1 Å². The molecule has 0 radical (unpaired) electrons. The molecule has 0 aliphatic heterocycles. The molecule has 1 unspecified atom stereocenters. The van der Waals surface area contributed by atoms with Crippen molar-refractivity contribution in [1.29, 1.82) is 0 Å². The molecule has 0 amide bonds. The number of aryl methyl sites for hydroxylation is 1. The van der Waals surface area contributed by atoms with Crippen LogP contribution in [0.1, 0.15) is 52.3 Å². The lowest BCUT2D eigenvalue weighted by atomic mass is 9.89. The molecule has 1 atom stereocenters. The number of nitrogens with one attached hydrogen (secondary N) is 1. The van der Waals surface area contributed by atoms with E-state index in [-0.39, 0.29) is 5.41 Å². The van der Waals surface area contributed by atoms with E-state index in [1.165, 1.54) is 17.7 Å². The van der Waals surface area contributed by atoms with Gasteiger partial charge in [0.25, 0.3) is 0 Å². The molecule has 17 heavy (non-hydrogen) atoms. The van der Waals surface area contributed by atoms with Gasteiger partial charge in [0.05, 0.1) is 5.69 Å². The topological polar surface area (TPSA) is 29.9 Å². The average molecular weight is 235 g/mol. The quantitative estimate of drug-likeness (QED) is 0.872. The molecule has 1 aliphatic carbocycles. The molecular formula is C14H25N3. The van der Waals surface area contributed by atoms with Crippen molar-refractivity contribution in [2.45, 2.75) is 59.0 Å². The second kappa shape index (κ2) is 3.84. The van der Waals surface area contributed by atoms with Crippen LogP contribution in [0.5, 0.6) is 0 Å². The van der Waals surface area contributed by atoms with Crippen LogP contribution >= 0.6 is 0 Å². The van der Waals surface area contributed by atoms with E-state index in [4.69, 9.17) is 0 Å². The van der Waals surface area contributed by atoms with Crippen LogP contribution in [0.4, 0.5) is 0 Å². The van der Waals surface area contributed by atoms with Crippen LogP contribution in [0.3, 0.4) is 0 Å². The van der Waals surface area contributed by atoms with Gasteiger partial charge in [0.15, 0.2) is 0 Å². The number of nitrogens with zero attached hydrogens (tertiary/aromatic N) is 2. The van der Waals surface area contributed by atoms with Gasteiger partial charge in [-0.05, 0) is 11.8 Å². The molecule has 0 aromatic carbocycles. The van der Waals surface area contributed by atoms with Crippen LogP contribution in [-0.4, -0.2) is 15.8 Å². The summed E-state index contributed by atoms with van der Waals surface area (Å²) in [4.78, 5) is 0. The van der Waals surface area contributed by atoms with E-state index in [1.807, 2.05) is 11.7 Å². The van der Waals surface area contributed by atoms with E-state index in [2.05, 4.69) is 51.2 Å². The van der Waals surface area contributed by atoms with Gasteiger partial charge in [0, 0.05) is 36.8 Å². The van der Waals surface area contributed by atoms with Crippen molar-refractivity contribution in [3.63, 3.8) is 0 Å². The molecule has 1 heterocycles. The average Bonchev–Trinajstić information content (AvgIpc) is 2.58. The van der Waals surface area contributed by atoms with E-state index >= 15 is 0 Å². The molecule has 96 valence electrons. The van der Waals surface area contributed by atoms with E-state index in [1.54, 1.807) is 0 Å². The Morgan fingerprint density at radius 3 is 2.53 bits per heavy atom. The van der Waals surface area contributed by atoms with Gasteiger partial charge >= 0.3 is 0 Å². The maximum atomic E-state index is 4.59. The first-order valence-corrected chi connectivity index (χ1v) is 6.46. The fourth-order valence-electron chi connectivity index (χ4n) is 2.35. The summed E-state index contributed by atoms with van der Waals surface area (Å²) in [5, 5.41) is 8.23. The normalized spacial score (nSPS) is 22.8. The van der Waals surface area contributed by atoms with E-state index in [0.717, 1.165) is 6.54 Å². The van der Waals surface area contributed by atoms with E-state index in [9.17, 15) is 0 Å². The van der Waals surface area contributed by atoms with Crippen LogP contribution in [0.25, 0.3) is 0 Å². The Hall–Kier alpha value is -0.830. The Balaban J connectivity index is 2.06. The van der Waals surface area contributed by atoms with Gasteiger partial charge in [-0.15, -0.1) is 0 Å². The standard InChI is InChI=1S/C14H25N3/c1-13(2,3)12-10(9-17(6)16-12)8-15-11-7-14(11,4)5/h9,11,15H,7-8H2,1-6H3. The number of hydrogen-bond acceptors (Lipinski definition) is 2. The summed E-state index contributed by atoms with van der Waals surface area (Å²) in [6.45, 7) is 12.2. The van der Waals surface area contributed by atoms with Crippen molar-refractivity contribution in [3.05, 3.63) is 17.5 Å². The lowest BCUT2D eigenvalue weighted by Crippen LogP contribution is -2.22. The van der Waals surface area contributed by atoms with Gasteiger partial charge in [0.1, 0.15) is 0 Å². The van der Waals surface area contributed by atoms with Crippen LogP contribution in [-0.2, 0) is 19.0 Å². The molecule has 3 nitrogen and oxygen atoms in total. The smallest absolute Gasteiger partial charge is 0.0722 e. The van der Waals surface area contributed by atoms with Crippen LogP contribution < -0.4 is 5.32 Å². The maximum Gasteiger partial charge on any atom is 0.0722 e. The highest BCUT2D eigenvalue weighted by molar-refractivity contribution is 5.24. The van der Waals surface area contributed by atoms with Gasteiger partial charge in [0.2, 0.25) is 0 Å². The van der Waals surface area contributed by atoms with Crippen molar-refractivity contribution < 1.29 is 0 Å². The SMILES string of the molecule is Cn1cc(CNC2CC2(C)C)c(C(C)(C)C)n1. The third-order valence-electron chi connectivity index (χ3n) is 3.67. The van der Waals surface area contributed by atoms with Gasteiger partial charge in [-0.3, -0.25) is 4.68 Å². The minimum Gasteiger partial charge on any atom is -0.309 e. The van der Waals surface area contributed by atoms with Crippen molar-refractivity contribution in [2.75, 3.05) is 0 Å². The second-order valence-corrected chi connectivity index (χ2v) is 7.05. The molecule has 1 fully saturated rings. The minimum atomic E-state index is 0.122. The summed E-state index contributed by atoms with van der Waals surface area (Å²) in [6, 6.07) is 0.676. The Kier molecular flexibility index (Phi) is 2.85. The van der Waals surface area contributed by atoms with Crippen LogP contribution in [0.2, 0.25) is 0 Å². The Labute approximate surface area is 105 Å². The lowest BCUT2D eigenvalue weighted by molar-refractivity contribution is 0.524. The summed E-state index contributed by atoms with van der Waals surface area (Å²) >= 11 is 0. The monoisotopic (exact) mass is 235 g/mol. The van der Waals surface area contributed by atoms with E-state index < -0.39 is 0 Å². The third-order valence-corrected chi connectivity index (χ3v) is 3.67. The van der Waals surface area contributed by atoms with Gasteiger partial charge in [-0.1, -0.05) is 34.6 Å². The summed E-state index contributed by atoms with van der Waals surface area (Å²) in [6.07, 6.45) is 3.43. The van der Waals surface area contributed by atoms with Gasteiger partial charge in [-0.25, -0.2) is 0 Å². The first-order chi connectivity index (χ1) is 7.70. The zero-order valence-electron chi connectivity index (χ0n) is 12.0. The first-order valence-electron chi connectivity index (χ1n) is 6.46. The lowest BCUT2D eigenvalue weighted by Gasteiger charge is -2.17. The summed E-state index contributed by atoms with van der Waals surface area (Å²) in [5.74, 6) is 0. The van der Waals surface area contributed by atoms with Gasteiger partial charge in [-0.2, -0.15) is 5.10 Å². The molecule has 1 N–H and O–H groups in total. The second-order valence-electron chi connectivity index (χ2n) is 7.05. The molecule has 1 aliphatic rings. The summed E-state index contributed by atoms with van der Waals surface area (Å²) in [7, 11) is 2.00. The highest BCUT2D eigenvalue weighted by Crippen LogP contribution is 2.44. The minimum absolute atomic E-state index is 0.122. The highest BCUT2D eigenvalue weighted by Gasteiger charge is 2.45. The Morgan fingerprint density at radius 1 is 1.47 bits per heavy atom. The molecular weight excluding hydrogens is 210 g/mol. The van der Waals surface area contributed by atoms with Gasteiger partial charge < -0.3 is 5.32 Å². The molecule has 3 heteroatoms. The van der Waals surface area contributed by atoms with Crippen molar-refractivity contribution in [2.24, 2.45) is 12.5 Å². The fraction of sp³-hybridized carbons (Fsp3) is 0.786. The molecule has 0 saturated heterocycles. The first kappa shape index (κ1) is 12.6. The van der Waals surface area contributed by atoms with Crippen LogP contribution in [0.15, 0.2) is 6.20 Å². The van der Waals surface area contributed by atoms with Crippen LogP contribution in [0, 0.1) is 5.41 Å². The molecule has 1 aromatic rings. The molecule has 2 rings (SSSR count). The Morgan fingerprint density at radius 2 is 2.06 bits per heavy atom. The number of aromatic nitrogens is 2. The molecule has 0 bridgehead atoms. The third kappa shape index (κ3) is 2.71. The highest BCUT2D eigenvalue weighted by atomic mass is 15.3.